The van der Waals surface area contributed by atoms with E-state index in [1.807, 2.05) is 0 Å². The van der Waals surface area contributed by atoms with Gasteiger partial charge in [0.25, 0.3) is 0 Å². The number of hydrogen-bond acceptors (Lipinski definition) is 1. The van der Waals surface area contributed by atoms with E-state index >= 15 is 0 Å². The molecule has 1 N–H and O–H groups in total. The molecular formula is C19H31N. The Balaban J connectivity index is 1.86. The minimum atomic E-state index is 0.663. The molecule has 0 radical (unpaired) electrons. The van der Waals surface area contributed by atoms with Gasteiger partial charge in [0.15, 0.2) is 0 Å². The fraction of sp³-hybridized carbons (Fsp3) is 0.684. The first-order valence-corrected chi connectivity index (χ1v) is 8.67. The van der Waals surface area contributed by atoms with Gasteiger partial charge in [0.05, 0.1) is 0 Å². The molecule has 1 aromatic rings. The first-order valence-electron chi connectivity index (χ1n) is 8.67. The van der Waals surface area contributed by atoms with Gasteiger partial charge >= 0.3 is 0 Å². The second-order valence-electron chi connectivity index (χ2n) is 6.26. The molecular weight excluding hydrogens is 242 g/mol. The van der Waals surface area contributed by atoms with E-state index in [1.54, 1.807) is 11.1 Å². The zero-order valence-electron chi connectivity index (χ0n) is 13.4. The average Bonchev–Trinajstić information content (AvgIpc) is 2.91. The highest BCUT2D eigenvalue weighted by Gasteiger charge is 2.13. The normalized spacial score (nSPS) is 15.3. The molecule has 0 saturated carbocycles. The molecule has 1 atom stereocenters. The molecule has 1 nitrogen and oxygen atoms in total. The summed E-state index contributed by atoms with van der Waals surface area (Å²) in [7, 11) is 0. The smallest absolute Gasteiger partial charge is 0.0107 e. The van der Waals surface area contributed by atoms with Crippen LogP contribution in [-0.4, -0.2) is 12.6 Å². The number of likely N-dealkylation sites (N-methyl/N-ethyl adjacent to an activating group) is 1. The van der Waals surface area contributed by atoms with Crippen LogP contribution < -0.4 is 5.32 Å². The summed E-state index contributed by atoms with van der Waals surface area (Å²) in [6.07, 6.45) is 12.0. The summed E-state index contributed by atoms with van der Waals surface area (Å²) in [5, 5.41) is 3.68. The lowest BCUT2D eigenvalue weighted by Gasteiger charge is -2.18. The highest BCUT2D eigenvalue weighted by molar-refractivity contribution is 5.35. The maximum Gasteiger partial charge on any atom is 0.0107 e. The average molecular weight is 273 g/mol. The number of hydrogen-bond donors (Lipinski definition) is 1. The van der Waals surface area contributed by atoms with Crippen LogP contribution in [-0.2, 0) is 19.3 Å². The molecule has 2 rings (SSSR count). The van der Waals surface area contributed by atoms with E-state index < -0.39 is 0 Å². The topological polar surface area (TPSA) is 12.0 Å². The van der Waals surface area contributed by atoms with E-state index in [-0.39, 0.29) is 0 Å². The van der Waals surface area contributed by atoms with Gasteiger partial charge in [-0.15, -0.1) is 0 Å². The van der Waals surface area contributed by atoms with E-state index in [0.29, 0.717) is 6.04 Å². The molecule has 112 valence electrons. The Kier molecular flexibility index (Phi) is 6.59. The lowest BCUT2D eigenvalue weighted by molar-refractivity contribution is 0.463. The van der Waals surface area contributed by atoms with Crippen molar-refractivity contribution in [2.24, 2.45) is 0 Å². The predicted octanol–water partition coefficient (Wildman–Crippen LogP) is 4.67. The van der Waals surface area contributed by atoms with Crippen molar-refractivity contribution in [1.29, 1.82) is 0 Å². The number of aryl methyl sites for hydroxylation is 2. The molecule has 0 spiro atoms. The van der Waals surface area contributed by atoms with Crippen molar-refractivity contribution in [2.75, 3.05) is 6.54 Å². The van der Waals surface area contributed by atoms with Crippen molar-refractivity contribution < 1.29 is 0 Å². The van der Waals surface area contributed by atoms with Crippen LogP contribution in [0, 0.1) is 0 Å². The molecule has 0 bridgehead atoms. The van der Waals surface area contributed by atoms with Gasteiger partial charge in [-0.2, -0.15) is 0 Å². The second-order valence-corrected chi connectivity index (χ2v) is 6.26. The number of unbranched alkanes of at least 4 members (excludes halogenated alkanes) is 3. The van der Waals surface area contributed by atoms with Crippen molar-refractivity contribution in [2.45, 2.75) is 77.7 Å². The molecule has 0 saturated heterocycles. The number of rotatable bonds is 9. The standard InChI is InChI=1S/C19H31N/c1-3-5-6-7-11-19(20-4-2)15-16-12-13-17-9-8-10-18(17)14-16/h12-14,19-20H,3-11,15H2,1-2H3. The largest absolute Gasteiger partial charge is 0.314 e. The number of benzene rings is 1. The number of nitrogens with one attached hydrogen (secondary N) is 1. The number of fused-ring (bicyclic) bond motifs is 1. The molecule has 1 aliphatic carbocycles. The molecule has 0 heterocycles. The van der Waals surface area contributed by atoms with E-state index in [1.165, 1.54) is 63.4 Å². The van der Waals surface area contributed by atoms with Crippen LogP contribution in [0.3, 0.4) is 0 Å². The third-order valence-corrected chi connectivity index (χ3v) is 4.54. The summed E-state index contributed by atoms with van der Waals surface area (Å²) in [4.78, 5) is 0. The summed E-state index contributed by atoms with van der Waals surface area (Å²) in [6, 6.07) is 7.87. The van der Waals surface area contributed by atoms with Crippen LogP contribution in [0.1, 0.15) is 69.1 Å². The van der Waals surface area contributed by atoms with Crippen LogP contribution in [0.15, 0.2) is 18.2 Å². The summed E-state index contributed by atoms with van der Waals surface area (Å²) in [5.74, 6) is 0. The molecule has 0 amide bonds. The van der Waals surface area contributed by atoms with Crippen LogP contribution in [0.2, 0.25) is 0 Å². The Morgan fingerprint density at radius 2 is 1.90 bits per heavy atom. The Bertz CT molecular complexity index is 397. The third kappa shape index (κ3) is 4.63. The zero-order valence-corrected chi connectivity index (χ0v) is 13.4. The Morgan fingerprint density at radius 3 is 2.70 bits per heavy atom. The van der Waals surface area contributed by atoms with Gasteiger partial charge in [-0.05, 0) is 55.3 Å². The van der Waals surface area contributed by atoms with Crippen molar-refractivity contribution in [3.05, 3.63) is 34.9 Å². The van der Waals surface area contributed by atoms with Crippen molar-refractivity contribution in [3.63, 3.8) is 0 Å². The van der Waals surface area contributed by atoms with E-state index in [9.17, 15) is 0 Å². The van der Waals surface area contributed by atoms with Crippen molar-refractivity contribution in [3.8, 4) is 0 Å². The molecule has 1 aliphatic rings. The van der Waals surface area contributed by atoms with Crippen molar-refractivity contribution in [1.82, 2.24) is 5.32 Å². The quantitative estimate of drug-likeness (QED) is 0.645. The zero-order chi connectivity index (χ0) is 14.2. The van der Waals surface area contributed by atoms with E-state index in [0.717, 1.165) is 6.54 Å². The molecule has 1 heteroatoms. The van der Waals surface area contributed by atoms with Crippen LogP contribution in [0.5, 0.6) is 0 Å². The van der Waals surface area contributed by atoms with Gasteiger partial charge in [0.2, 0.25) is 0 Å². The molecule has 20 heavy (non-hydrogen) atoms. The lowest BCUT2D eigenvalue weighted by Crippen LogP contribution is -2.31. The third-order valence-electron chi connectivity index (χ3n) is 4.54. The minimum absolute atomic E-state index is 0.663. The maximum atomic E-state index is 3.68. The van der Waals surface area contributed by atoms with Gasteiger partial charge in [0, 0.05) is 6.04 Å². The summed E-state index contributed by atoms with van der Waals surface area (Å²) in [6.45, 7) is 5.59. The lowest BCUT2D eigenvalue weighted by atomic mass is 9.97. The second kappa shape index (κ2) is 8.46. The molecule has 0 aromatic heterocycles. The molecule has 1 unspecified atom stereocenters. The van der Waals surface area contributed by atoms with E-state index in [2.05, 4.69) is 37.4 Å². The first kappa shape index (κ1) is 15.6. The van der Waals surface area contributed by atoms with Crippen LogP contribution in [0.25, 0.3) is 0 Å². The maximum absolute atomic E-state index is 3.68. The minimum Gasteiger partial charge on any atom is -0.314 e. The highest BCUT2D eigenvalue weighted by atomic mass is 14.9. The van der Waals surface area contributed by atoms with Gasteiger partial charge in [-0.3, -0.25) is 0 Å². The van der Waals surface area contributed by atoms with E-state index in [4.69, 9.17) is 0 Å². The summed E-state index contributed by atoms with van der Waals surface area (Å²) < 4.78 is 0. The monoisotopic (exact) mass is 273 g/mol. The van der Waals surface area contributed by atoms with Crippen LogP contribution in [0.4, 0.5) is 0 Å². The summed E-state index contributed by atoms with van der Waals surface area (Å²) >= 11 is 0. The van der Waals surface area contributed by atoms with Gasteiger partial charge in [-0.1, -0.05) is 57.7 Å². The predicted molar refractivity (Wildman–Crippen MR) is 88.4 cm³/mol. The SMILES string of the molecule is CCCCCCC(Cc1ccc2c(c1)CCC2)NCC. The Morgan fingerprint density at radius 1 is 1.05 bits per heavy atom. The Labute approximate surface area is 125 Å². The fourth-order valence-electron chi connectivity index (χ4n) is 3.42. The summed E-state index contributed by atoms with van der Waals surface area (Å²) in [5.41, 5.74) is 4.74. The molecule has 0 fully saturated rings. The molecule has 1 aromatic carbocycles. The fourth-order valence-corrected chi connectivity index (χ4v) is 3.42. The van der Waals surface area contributed by atoms with Crippen LogP contribution >= 0.6 is 0 Å². The highest BCUT2D eigenvalue weighted by Crippen LogP contribution is 2.23. The molecule has 0 aliphatic heterocycles. The van der Waals surface area contributed by atoms with Gasteiger partial charge in [0.1, 0.15) is 0 Å². The van der Waals surface area contributed by atoms with Gasteiger partial charge in [-0.25, -0.2) is 0 Å². The van der Waals surface area contributed by atoms with Crippen molar-refractivity contribution >= 4 is 0 Å². The Hall–Kier alpha value is -0.820. The first-order chi connectivity index (χ1) is 9.83. The van der Waals surface area contributed by atoms with Gasteiger partial charge < -0.3 is 5.32 Å².